The molecule has 0 aliphatic heterocycles. The van der Waals surface area contributed by atoms with E-state index in [1.807, 2.05) is 32.0 Å². The molecule has 2 N–H and O–H groups in total. The molecule has 2 aromatic rings. The molecule has 0 aromatic heterocycles. The summed E-state index contributed by atoms with van der Waals surface area (Å²) in [6.45, 7) is 3.79. The van der Waals surface area contributed by atoms with Gasteiger partial charge < -0.3 is 10.2 Å². The zero-order chi connectivity index (χ0) is 11.7. The molecule has 0 radical (unpaired) electrons. The molecule has 0 unspecified atom stereocenters. The molecule has 0 bridgehead atoms. The Labute approximate surface area is 94.8 Å². The van der Waals surface area contributed by atoms with Crippen LogP contribution in [-0.2, 0) is 0 Å². The fraction of sp³-hybridized carbons (Fsp3) is 0.143. The van der Waals surface area contributed by atoms with Crippen LogP contribution in [0.3, 0.4) is 0 Å². The van der Waals surface area contributed by atoms with Gasteiger partial charge >= 0.3 is 0 Å². The predicted molar refractivity (Wildman–Crippen MR) is 64.7 cm³/mol. The lowest BCUT2D eigenvalue weighted by Crippen LogP contribution is -1.88. The molecule has 0 saturated heterocycles. The van der Waals surface area contributed by atoms with E-state index < -0.39 is 0 Å². The Morgan fingerprint density at radius 2 is 1.44 bits per heavy atom. The maximum atomic E-state index is 9.88. The molecular formula is C14H14O2. The minimum atomic E-state index is 0.244. The van der Waals surface area contributed by atoms with Crippen molar-refractivity contribution >= 4 is 0 Å². The third kappa shape index (κ3) is 1.63. The van der Waals surface area contributed by atoms with E-state index in [-0.39, 0.29) is 11.5 Å². The van der Waals surface area contributed by atoms with Crippen molar-refractivity contribution in [3.8, 4) is 22.6 Å². The SMILES string of the molecule is Cc1cccc(O)c1-c1cccc(O)c1C. The molecule has 16 heavy (non-hydrogen) atoms. The average molecular weight is 214 g/mol. The van der Waals surface area contributed by atoms with Gasteiger partial charge in [-0.3, -0.25) is 0 Å². The molecule has 0 fully saturated rings. The maximum absolute atomic E-state index is 9.88. The zero-order valence-electron chi connectivity index (χ0n) is 9.36. The molecule has 2 nitrogen and oxygen atoms in total. The van der Waals surface area contributed by atoms with E-state index >= 15 is 0 Å². The van der Waals surface area contributed by atoms with E-state index in [1.165, 1.54) is 0 Å². The van der Waals surface area contributed by atoms with Gasteiger partial charge in [0, 0.05) is 5.56 Å². The van der Waals surface area contributed by atoms with E-state index in [4.69, 9.17) is 0 Å². The number of phenols is 2. The first-order valence-electron chi connectivity index (χ1n) is 5.19. The summed E-state index contributed by atoms with van der Waals surface area (Å²) >= 11 is 0. The van der Waals surface area contributed by atoms with Gasteiger partial charge in [-0.2, -0.15) is 0 Å². The quantitative estimate of drug-likeness (QED) is 0.764. The van der Waals surface area contributed by atoms with E-state index in [2.05, 4.69) is 0 Å². The molecule has 0 spiro atoms. The lowest BCUT2D eigenvalue weighted by Gasteiger charge is -2.12. The molecule has 0 saturated carbocycles. The monoisotopic (exact) mass is 214 g/mol. The standard InChI is InChI=1S/C14H14O2/c1-9-5-3-8-13(16)14(9)11-6-4-7-12(15)10(11)2/h3-8,15-16H,1-2H3. The molecule has 0 amide bonds. The first kappa shape index (κ1) is 10.6. The first-order valence-corrected chi connectivity index (χ1v) is 5.19. The second kappa shape index (κ2) is 3.89. The summed E-state index contributed by atoms with van der Waals surface area (Å²) in [5, 5.41) is 19.5. The Morgan fingerprint density at radius 3 is 2.12 bits per heavy atom. The van der Waals surface area contributed by atoms with Crippen LogP contribution in [0.4, 0.5) is 0 Å². The highest BCUT2D eigenvalue weighted by Gasteiger charge is 2.11. The van der Waals surface area contributed by atoms with Crippen LogP contribution in [0, 0.1) is 13.8 Å². The number of phenolic OH excluding ortho intramolecular Hbond substituents is 2. The highest BCUT2D eigenvalue weighted by atomic mass is 16.3. The van der Waals surface area contributed by atoms with Gasteiger partial charge in [0.2, 0.25) is 0 Å². The number of aryl methyl sites for hydroxylation is 1. The molecule has 2 heteroatoms. The minimum Gasteiger partial charge on any atom is -0.508 e. The van der Waals surface area contributed by atoms with Crippen LogP contribution in [0.2, 0.25) is 0 Å². The van der Waals surface area contributed by atoms with Crippen molar-refractivity contribution in [3.05, 3.63) is 47.5 Å². The molecule has 0 aliphatic rings. The zero-order valence-corrected chi connectivity index (χ0v) is 9.36. The Hall–Kier alpha value is -1.96. The Kier molecular flexibility index (Phi) is 2.57. The summed E-state index contributed by atoms with van der Waals surface area (Å²) in [4.78, 5) is 0. The fourth-order valence-corrected chi connectivity index (χ4v) is 1.90. The Balaban J connectivity index is 2.73. The maximum Gasteiger partial charge on any atom is 0.123 e. The topological polar surface area (TPSA) is 40.5 Å². The van der Waals surface area contributed by atoms with Gasteiger partial charge in [-0.1, -0.05) is 24.3 Å². The van der Waals surface area contributed by atoms with Gasteiger partial charge in [0.05, 0.1) is 0 Å². The van der Waals surface area contributed by atoms with Crippen molar-refractivity contribution in [2.24, 2.45) is 0 Å². The van der Waals surface area contributed by atoms with Crippen LogP contribution in [0.25, 0.3) is 11.1 Å². The molecule has 82 valence electrons. The highest BCUT2D eigenvalue weighted by molar-refractivity contribution is 5.77. The number of hydrogen-bond donors (Lipinski definition) is 2. The van der Waals surface area contributed by atoms with E-state index in [9.17, 15) is 10.2 Å². The lowest BCUT2D eigenvalue weighted by molar-refractivity contribution is 0.470. The third-order valence-corrected chi connectivity index (χ3v) is 2.83. The van der Waals surface area contributed by atoms with Crippen molar-refractivity contribution in [2.45, 2.75) is 13.8 Å². The van der Waals surface area contributed by atoms with Crippen molar-refractivity contribution < 1.29 is 10.2 Å². The van der Waals surface area contributed by atoms with Crippen molar-refractivity contribution in [3.63, 3.8) is 0 Å². The highest BCUT2D eigenvalue weighted by Crippen LogP contribution is 2.36. The normalized spacial score (nSPS) is 10.4. The summed E-state index contributed by atoms with van der Waals surface area (Å²) < 4.78 is 0. The summed E-state index contributed by atoms with van der Waals surface area (Å²) in [6, 6.07) is 10.7. The largest absolute Gasteiger partial charge is 0.508 e. The van der Waals surface area contributed by atoms with E-state index in [0.29, 0.717) is 0 Å². The molecule has 2 rings (SSSR count). The van der Waals surface area contributed by atoms with Crippen LogP contribution in [0.1, 0.15) is 11.1 Å². The second-order valence-electron chi connectivity index (χ2n) is 3.92. The minimum absolute atomic E-state index is 0.244. The predicted octanol–water partition coefficient (Wildman–Crippen LogP) is 3.38. The van der Waals surface area contributed by atoms with Crippen molar-refractivity contribution in [2.75, 3.05) is 0 Å². The number of rotatable bonds is 1. The van der Waals surface area contributed by atoms with Gasteiger partial charge in [0.25, 0.3) is 0 Å². The summed E-state index contributed by atoms with van der Waals surface area (Å²) in [7, 11) is 0. The van der Waals surface area contributed by atoms with Gasteiger partial charge in [-0.05, 0) is 42.7 Å². The van der Waals surface area contributed by atoms with Gasteiger partial charge in [0.1, 0.15) is 11.5 Å². The first-order chi connectivity index (χ1) is 7.61. The Bertz CT molecular complexity index is 510. The summed E-state index contributed by atoms with van der Waals surface area (Å²) in [5.41, 5.74) is 3.44. The van der Waals surface area contributed by atoms with Gasteiger partial charge in [-0.15, -0.1) is 0 Å². The number of aromatic hydroxyl groups is 2. The summed E-state index contributed by atoms with van der Waals surface area (Å²) in [6.07, 6.45) is 0. The Morgan fingerprint density at radius 1 is 0.812 bits per heavy atom. The molecule has 0 heterocycles. The molecule has 0 atom stereocenters. The van der Waals surface area contributed by atoms with E-state index in [0.717, 1.165) is 22.3 Å². The van der Waals surface area contributed by atoms with Crippen molar-refractivity contribution in [1.29, 1.82) is 0 Å². The lowest BCUT2D eigenvalue weighted by atomic mass is 9.95. The van der Waals surface area contributed by atoms with Gasteiger partial charge in [-0.25, -0.2) is 0 Å². The third-order valence-electron chi connectivity index (χ3n) is 2.83. The van der Waals surface area contributed by atoms with Crippen LogP contribution in [0.5, 0.6) is 11.5 Å². The second-order valence-corrected chi connectivity index (χ2v) is 3.92. The van der Waals surface area contributed by atoms with Gasteiger partial charge in [0.15, 0.2) is 0 Å². The average Bonchev–Trinajstić information content (AvgIpc) is 2.24. The molecular weight excluding hydrogens is 200 g/mol. The van der Waals surface area contributed by atoms with E-state index in [1.54, 1.807) is 18.2 Å². The van der Waals surface area contributed by atoms with Crippen LogP contribution >= 0.6 is 0 Å². The molecule has 2 aromatic carbocycles. The van der Waals surface area contributed by atoms with Crippen LogP contribution in [-0.4, -0.2) is 10.2 Å². The number of benzene rings is 2. The number of hydrogen-bond acceptors (Lipinski definition) is 2. The summed E-state index contributed by atoms with van der Waals surface area (Å²) in [5.74, 6) is 0.494. The van der Waals surface area contributed by atoms with Crippen LogP contribution in [0.15, 0.2) is 36.4 Å². The fourth-order valence-electron chi connectivity index (χ4n) is 1.90. The van der Waals surface area contributed by atoms with Crippen molar-refractivity contribution in [1.82, 2.24) is 0 Å². The van der Waals surface area contributed by atoms with Crippen LogP contribution < -0.4 is 0 Å². The smallest absolute Gasteiger partial charge is 0.123 e. The molecule has 0 aliphatic carbocycles.